The van der Waals surface area contributed by atoms with Crippen molar-refractivity contribution >= 4 is 20.6 Å². The van der Waals surface area contributed by atoms with Crippen molar-refractivity contribution in [3.63, 3.8) is 0 Å². The Morgan fingerprint density at radius 1 is 1.35 bits per heavy atom. The molecule has 0 fully saturated rings. The Morgan fingerprint density at radius 3 is 2.68 bits per heavy atom. The molecule has 2 amide bonds. The van der Waals surface area contributed by atoms with Gasteiger partial charge in [-0.3, -0.25) is 18.6 Å². The Balaban J connectivity index is 0.000000605. The maximum atomic E-state index is 12.5. The van der Waals surface area contributed by atoms with Gasteiger partial charge in [-0.05, 0) is 19.9 Å². The molecule has 1 aromatic heterocycles. The van der Waals surface area contributed by atoms with E-state index in [1.54, 1.807) is 5.32 Å². The van der Waals surface area contributed by atoms with Gasteiger partial charge in [0.2, 0.25) is 12.8 Å². The SMILES string of the molecule is C#C.CC(C)=CN(C)[C@H]1C=C[C@@H](CO[P@@]2(=O)OCc3ncncc3O2)O1.O=CNC=O. The number of carbonyl (C=O) groups excluding carboxylic acids is 2. The molecule has 0 aromatic carbocycles. The molecule has 3 rings (SSSR count). The average Bonchev–Trinajstić information content (AvgIpc) is 3.24. The van der Waals surface area contributed by atoms with E-state index >= 15 is 0 Å². The second-order valence-corrected chi connectivity index (χ2v) is 7.76. The van der Waals surface area contributed by atoms with Gasteiger partial charge in [0.05, 0.1) is 12.8 Å². The van der Waals surface area contributed by atoms with Crippen LogP contribution in [-0.2, 0) is 34.5 Å². The summed E-state index contributed by atoms with van der Waals surface area (Å²) in [7, 11) is -1.76. The molecule has 31 heavy (non-hydrogen) atoms. The third-order valence-electron chi connectivity index (χ3n) is 3.53. The first-order valence-corrected chi connectivity index (χ1v) is 10.4. The number of phosphoric acid groups is 1. The normalized spacial score (nSPS) is 22.7. The summed E-state index contributed by atoms with van der Waals surface area (Å²) in [6.07, 6.45) is 16.7. The van der Waals surface area contributed by atoms with Crippen LogP contribution in [0.4, 0.5) is 0 Å². The molecular weight excluding hydrogens is 427 g/mol. The number of allylic oxidation sites excluding steroid dienone is 1. The number of nitrogens with one attached hydrogen (secondary N) is 1. The highest BCUT2D eigenvalue weighted by molar-refractivity contribution is 7.49. The minimum atomic E-state index is -3.68. The van der Waals surface area contributed by atoms with Gasteiger partial charge >= 0.3 is 7.82 Å². The quantitative estimate of drug-likeness (QED) is 0.283. The molecule has 1 aromatic rings. The summed E-state index contributed by atoms with van der Waals surface area (Å²) >= 11 is 0. The first kappa shape index (κ1) is 26.0. The minimum absolute atomic E-state index is 0.0580. The molecule has 1 N–H and O–H groups in total. The van der Waals surface area contributed by atoms with Crippen LogP contribution in [0, 0.1) is 12.8 Å². The van der Waals surface area contributed by atoms with E-state index in [1.165, 1.54) is 18.1 Å². The van der Waals surface area contributed by atoms with Crippen LogP contribution in [0.2, 0.25) is 0 Å². The zero-order valence-electron chi connectivity index (χ0n) is 17.4. The van der Waals surface area contributed by atoms with Gasteiger partial charge < -0.3 is 19.5 Å². The highest BCUT2D eigenvalue weighted by Gasteiger charge is 2.36. The molecule has 3 atom stereocenters. The van der Waals surface area contributed by atoms with E-state index in [0.717, 1.165) is 0 Å². The molecule has 3 heterocycles. The Morgan fingerprint density at radius 2 is 2.06 bits per heavy atom. The van der Waals surface area contributed by atoms with E-state index < -0.39 is 7.82 Å². The number of carbonyl (C=O) groups is 2. The van der Waals surface area contributed by atoms with Crippen LogP contribution in [0.1, 0.15) is 19.5 Å². The van der Waals surface area contributed by atoms with Gasteiger partial charge in [-0.2, -0.15) is 0 Å². The number of imide groups is 1. The van der Waals surface area contributed by atoms with E-state index in [2.05, 4.69) is 22.8 Å². The Labute approximate surface area is 181 Å². The number of likely N-dealkylation sites (N-methyl/N-ethyl adjacent to an activating group) is 1. The second-order valence-electron chi connectivity index (χ2n) is 6.17. The largest absolute Gasteiger partial charge is 0.530 e. The Kier molecular flexibility index (Phi) is 11.2. The highest BCUT2D eigenvalue weighted by atomic mass is 31.2. The van der Waals surface area contributed by atoms with Gasteiger partial charge in [0.15, 0.2) is 5.75 Å². The van der Waals surface area contributed by atoms with E-state index in [-0.39, 0.29) is 25.5 Å². The summed E-state index contributed by atoms with van der Waals surface area (Å²) in [5.41, 5.74) is 1.71. The summed E-state index contributed by atoms with van der Waals surface area (Å²) < 4.78 is 34.2. The lowest BCUT2D eigenvalue weighted by Gasteiger charge is -2.26. The number of rotatable bonds is 7. The van der Waals surface area contributed by atoms with Gasteiger partial charge in [-0.15, -0.1) is 12.8 Å². The zero-order valence-corrected chi connectivity index (χ0v) is 18.3. The fraction of sp³-hybridized carbons (Fsp3) is 0.368. The van der Waals surface area contributed by atoms with E-state index in [4.69, 9.17) is 27.9 Å². The summed E-state index contributed by atoms with van der Waals surface area (Å²) in [6.45, 7) is 4.15. The molecule has 168 valence electrons. The topological polar surface area (TPSA) is 129 Å². The molecule has 0 unspecified atom stereocenters. The fourth-order valence-electron chi connectivity index (χ4n) is 2.37. The monoisotopic (exact) mass is 452 g/mol. The van der Waals surface area contributed by atoms with E-state index in [1.807, 2.05) is 44.1 Å². The molecule has 2 aliphatic rings. The van der Waals surface area contributed by atoms with Crippen molar-refractivity contribution in [2.24, 2.45) is 0 Å². The predicted molar refractivity (Wildman–Crippen MR) is 111 cm³/mol. The summed E-state index contributed by atoms with van der Waals surface area (Å²) in [4.78, 5) is 27.9. The molecule has 0 spiro atoms. The van der Waals surface area contributed by atoms with Gasteiger partial charge in [-0.25, -0.2) is 14.5 Å². The molecule has 12 heteroatoms. The van der Waals surface area contributed by atoms with Crippen molar-refractivity contribution in [1.82, 2.24) is 20.2 Å². The van der Waals surface area contributed by atoms with Crippen LogP contribution >= 0.6 is 7.82 Å². The minimum Gasteiger partial charge on any atom is -0.400 e. The van der Waals surface area contributed by atoms with E-state index in [0.29, 0.717) is 24.3 Å². The number of amides is 2. The van der Waals surface area contributed by atoms with Crippen molar-refractivity contribution < 1.29 is 32.5 Å². The van der Waals surface area contributed by atoms with Crippen molar-refractivity contribution in [3.05, 3.63) is 42.1 Å². The number of terminal acetylenes is 1. The standard InChI is InChI=1S/C15H20N3O5P.C2H3NO2.C2H2/c1-11(2)7-18(3)15-5-4-12(22-15)8-20-24(19)21-9-13-14(23-24)6-16-10-17-13;4-1-3-2-5;1-2/h4-7,10,12,15H,8-9H2,1-3H3;1-2H,(H,3,4,5);1-2H/t12-,15+,24-;;/m0../s1. The van der Waals surface area contributed by atoms with Crippen molar-refractivity contribution in [2.45, 2.75) is 32.8 Å². The Hall–Kier alpha value is -3.03. The molecule has 0 saturated carbocycles. The van der Waals surface area contributed by atoms with Crippen LogP contribution in [0.5, 0.6) is 5.75 Å². The van der Waals surface area contributed by atoms with E-state index in [9.17, 15) is 4.57 Å². The van der Waals surface area contributed by atoms with Gasteiger partial charge in [0.25, 0.3) is 0 Å². The molecule has 2 aliphatic heterocycles. The van der Waals surface area contributed by atoms with Crippen LogP contribution in [-0.4, -0.2) is 53.7 Å². The first-order valence-electron chi connectivity index (χ1n) is 8.92. The smallest absolute Gasteiger partial charge is 0.400 e. The molecule has 0 aliphatic carbocycles. The molecular formula is C19H25N4O7P. The lowest BCUT2D eigenvalue weighted by molar-refractivity contribution is -0.117. The maximum Gasteiger partial charge on any atom is 0.530 e. The van der Waals surface area contributed by atoms with Crippen molar-refractivity contribution in [2.75, 3.05) is 13.7 Å². The Bertz CT molecular complexity index is 849. The van der Waals surface area contributed by atoms with Crippen LogP contribution in [0.3, 0.4) is 0 Å². The number of aromatic nitrogens is 2. The van der Waals surface area contributed by atoms with Gasteiger partial charge in [-0.1, -0.05) is 11.6 Å². The lowest BCUT2D eigenvalue weighted by atomic mass is 10.3. The number of fused-ring (bicyclic) bond motifs is 1. The van der Waals surface area contributed by atoms with Crippen LogP contribution in [0.25, 0.3) is 0 Å². The zero-order chi connectivity index (χ0) is 23.3. The van der Waals surface area contributed by atoms with Crippen molar-refractivity contribution in [3.8, 4) is 18.6 Å². The fourth-order valence-corrected chi connectivity index (χ4v) is 3.55. The summed E-state index contributed by atoms with van der Waals surface area (Å²) in [6, 6.07) is 0. The highest BCUT2D eigenvalue weighted by Crippen LogP contribution is 2.54. The number of ether oxygens (including phenoxy) is 1. The van der Waals surface area contributed by atoms with Crippen molar-refractivity contribution in [1.29, 1.82) is 0 Å². The first-order chi connectivity index (χ1) is 14.9. The average molecular weight is 452 g/mol. The summed E-state index contributed by atoms with van der Waals surface area (Å²) in [5, 5.41) is 1.75. The predicted octanol–water partition coefficient (Wildman–Crippen LogP) is 1.79. The third-order valence-corrected chi connectivity index (χ3v) is 4.86. The molecule has 0 saturated heterocycles. The van der Waals surface area contributed by atoms with Crippen LogP contribution in [0.15, 0.2) is 36.4 Å². The second kappa shape index (κ2) is 13.3. The van der Waals surface area contributed by atoms with Gasteiger partial charge in [0.1, 0.15) is 31.0 Å². The van der Waals surface area contributed by atoms with Gasteiger partial charge in [0, 0.05) is 13.2 Å². The lowest BCUT2D eigenvalue weighted by Crippen LogP contribution is -2.29. The third kappa shape index (κ3) is 8.70. The summed E-state index contributed by atoms with van der Waals surface area (Å²) in [5.74, 6) is 0.316. The molecule has 0 bridgehead atoms. The molecule has 11 nitrogen and oxygen atoms in total. The maximum absolute atomic E-state index is 12.5. The number of nitrogens with zero attached hydrogens (tertiary/aromatic N) is 3. The number of hydrogen-bond donors (Lipinski definition) is 1. The van der Waals surface area contributed by atoms with Crippen LogP contribution < -0.4 is 9.84 Å². The molecule has 0 radical (unpaired) electrons. The number of hydrogen-bond acceptors (Lipinski definition) is 10. The number of phosphoric ester groups is 1.